The number of aromatic nitrogens is 3. The van der Waals surface area contributed by atoms with Gasteiger partial charge in [0.15, 0.2) is 0 Å². The van der Waals surface area contributed by atoms with E-state index in [1.54, 1.807) is 56.3 Å². The highest BCUT2D eigenvalue weighted by Crippen LogP contribution is 2.23. The molecule has 0 unspecified atom stereocenters. The third-order valence-corrected chi connectivity index (χ3v) is 4.83. The molecule has 10 heteroatoms. The topological polar surface area (TPSA) is 106 Å². The summed E-state index contributed by atoms with van der Waals surface area (Å²) in [6.45, 7) is 1.84. The lowest BCUT2D eigenvalue weighted by Crippen LogP contribution is -2.30. The van der Waals surface area contributed by atoms with Gasteiger partial charge in [-0.1, -0.05) is 17.7 Å². The summed E-state index contributed by atoms with van der Waals surface area (Å²) in [5.41, 5.74) is 0.910. The molecule has 0 N–H and O–H groups in total. The molecule has 132 valence electrons. The Morgan fingerprint density at radius 2 is 1.32 bits per heavy atom. The van der Waals surface area contributed by atoms with E-state index >= 15 is 0 Å². The summed E-state index contributed by atoms with van der Waals surface area (Å²) in [7, 11) is 2.72. The number of anilines is 3. The molecule has 0 aliphatic rings. The second kappa shape index (κ2) is 6.90. The molecular formula is C15H19N7O2S. The van der Waals surface area contributed by atoms with E-state index in [9.17, 15) is 13.7 Å². The lowest BCUT2D eigenvalue weighted by molar-refractivity contribution is 0.595. The number of hydrogen-bond donors (Lipinski definition) is 0. The molecule has 1 aromatic heterocycles. The number of nitriles is 1. The highest BCUT2D eigenvalue weighted by atomic mass is 32.2. The van der Waals surface area contributed by atoms with E-state index in [1.807, 2.05) is 6.92 Å². The molecule has 0 spiro atoms. The molecule has 0 aliphatic heterocycles. The molecule has 9 nitrogen and oxygen atoms in total. The van der Waals surface area contributed by atoms with Crippen LogP contribution in [-0.4, -0.2) is 51.6 Å². The molecule has 0 radical (unpaired) electrons. The van der Waals surface area contributed by atoms with Gasteiger partial charge in [-0.25, -0.2) is 0 Å². The second-order valence-corrected chi connectivity index (χ2v) is 7.49. The van der Waals surface area contributed by atoms with E-state index in [0.29, 0.717) is 4.31 Å². The molecule has 0 saturated heterocycles. The van der Waals surface area contributed by atoms with Crippen LogP contribution in [-0.2, 0) is 10.0 Å². The number of nitrogens with zero attached hydrogens (tertiary/aromatic N) is 7. The molecule has 2 rings (SSSR count). The molecule has 25 heavy (non-hydrogen) atoms. The van der Waals surface area contributed by atoms with E-state index in [2.05, 4.69) is 15.0 Å². The minimum Gasteiger partial charge on any atom is -0.347 e. The monoisotopic (exact) mass is 361 g/mol. The Labute approximate surface area is 147 Å². The number of benzene rings is 1. The van der Waals surface area contributed by atoms with Gasteiger partial charge >= 0.3 is 0 Å². The van der Waals surface area contributed by atoms with Crippen molar-refractivity contribution in [3.8, 4) is 6.19 Å². The van der Waals surface area contributed by atoms with Gasteiger partial charge in [-0.15, -0.1) is 4.31 Å². The van der Waals surface area contributed by atoms with E-state index in [4.69, 9.17) is 0 Å². The normalized spacial score (nSPS) is 10.9. The molecule has 0 fully saturated rings. The van der Waals surface area contributed by atoms with E-state index < -0.39 is 10.0 Å². The Morgan fingerprint density at radius 3 is 1.72 bits per heavy atom. The summed E-state index contributed by atoms with van der Waals surface area (Å²) >= 11 is 0. The van der Waals surface area contributed by atoms with Crippen LogP contribution < -0.4 is 14.1 Å². The molecule has 0 amide bonds. The van der Waals surface area contributed by atoms with E-state index in [-0.39, 0.29) is 22.7 Å². The largest absolute Gasteiger partial charge is 0.347 e. The summed E-state index contributed by atoms with van der Waals surface area (Å²) in [5, 5.41) is 9.46. The predicted octanol–water partition coefficient (Wildman–Crippen LogP) is 0.988. The Hall–Kier alpha value is -2.93. The van der Waals surface area contributed by atoms with Crippen molar-refractivity contribution in [3.63, 3.8) is 0 Å². The SMILES string of the molecule is Cc1ccc(S(=O)(=O)N(C#N)c2nc(N(C)C)nc(N(C)C)n2)cc1. The van der Waals surface area contributed by atoms with Crippen LogP contribution in [0.15, 0.2) is 29.2 Å². The maximum Gasteiger partial charge on any atom is 0.279 e. The summed E-state index contributed by atoms with van der Waals surface area (Å²) in [6.07, 6.45) is 1.66. The summed E-state index contributed by atoms with van der Waals surface area (Å²) < 4.78 is 26.1. The zero-order chi connectivity index (χ0) is 18.8. The first-order valence-corrected chi connectivity index (χ1v) is 8.73. The standard InChI is InChI=1S/C15H19N7O2S/c1-11-6-8-12(9-7-11)25(23,24)22(10-16)15-18-13(20(2)3)17-14(19-15)21(4)5/h6-9H,1-5H3. The minimum atomic E-state index is -4.12. The van der Waals surface area contributed by atoms with Crippen LogP contribution in [0.2, 0.25) is 0 Å². The van der Waals surface area contributed by atoms with Crippen LogP contribution in [0.5, 0.6) is 0 Å². The molecule has 1 aromatic carbocycles. The lowest BCUT2D eigenvalue weighted by Gasteiger charge is -2.19. The fourth-order valence-corrected chi connectivity index (χ4v) is 2.95. The average molecular weight is 361 g/mol. The van der Waals surface area contributed by atoms with Gasteiger partial charge in [0.2, 0.25) is 18.1 Å². The third-order valence-electron chi connectivity index (χ3n) is 3.23. The van der Waals surface area contributed by atoms with Crippen LogP contribution >= 0.6 is 0 Å². The third kappa shape index (κ3) is 3.77. The number of rotatable bonds is 5. The Bertz CT molecular complexity index is 876. The Morgan fingerprint density at radius 1 is 0.880 bits per heavy atom. The van der Waals surface area contributed by atoms with Gasteiger partial charge in [-0.2, -0.15) is 28.6 Å². The van der Waals surface area contributed by atoms with Crippen LogP contribution in [0.4, 0.5) is 17.8 Å². The van der Waals surface area contributed by atoms with Crippen LogP contribution in [0.25, 0.3) is 0 Å². The zero-order valence-electron chi connectivity index (χ0n) is 14.7. The van der Waals surface area contributed by atoms with Gasteiger partial charge in [-0.3, -0.25) is 0 Å². The quantitative estimate of drug-likeness (QED) is 0.573. The minimum absolute atomic E-state index is 0.0159. The van der Waals surface area contributed by atoms with Gasteiger partial charge in [0.25, 0.3) is 16.0 Å². The van der Waals surface area contributed by atoms with Crippen molar-refractivity contribution >= 4 is 27.9 Å². The van der Waals surface area contributed by atoms with Gasteiger partial charge in [0, 0.05) is 28.2 Å². The van der Waals surface area contributed by atoms with E-state index in [0.717, 1.165) is 5.56 Å². The second-order valence-electron chi connectivity index (χ2n) is 5.71. The highest BCUT2D eigenvalue weighted by Gasteiger charge is 2.29. The summed E-state index contributed by atoms with van der Waals surface area (Å²) in [5.74, 6) is 0.228. The molecule has 0 aliphatic carbocycles. The maximum absolute atomic E-state index is 12.8. The van der Waals surface area contributed by atoms with Crippen molar-refractivity contribution in [1.29, 1.82) is 5.26 Å². The lowest BCUT2D eigenvalue weighted by atomic mass is 10.2. The average Bonchev–Trinajstić information content (AvgIpc) is 2.55. The Kier molecular flexibility index (Phi) is 5.08. The molecule has 0 saturated carbocycles. The smallest absolute Gasteiger partial charge is 0.279 e. The molecule has 2 aromatic rings. The number of hydrogen-bond acceptors (Lipinski definition) is 8. The zero-order valence-corrected chi connectivity index (χ0v) is 15.5. The van der Waals surface area contributed by atoms with Crippen molar-refractivity contribution in [2.24, 2.45) is 0 Å². The van der Waals surface area contributed by atoms with E-state index in [1.165, 1.54) is 12.1 Å². The Balaban J connectivity index is 2.61. The summed E-state index contributed by atoms with van der Waals surface area (Å²) in [4.78, 5) is 15.6. The van der Waals surface area contributed by atoms with Gasteiger partial charge < -0.3 is 9.80 Å². The van der Waals surface area contributed by atoms with Gasteiger partial charge in [-0.05, 0) is 19.1 Å². The van der Waals surface area contributed by atoms with Crippen LogP contribution in [0, 0.1) is 18.4 Å². The van der Waals surface area contributed by atoms with Crippen molar-refractivity contribution in [2.75, 3.05) is 42.3 Å². The van der Waals surface area contributed by atoms with Crippen molar-refractivity contribution < 1.29 is 8.42 Å². The number of aryl methyl sites for hydroxylation is 1. The maximum atomic E-state index is 12.8. The first-order chi connectivity index (χ1) is 11.7. The van der Waals surface area contributed by atoms with Crippen LogP contribution in [0.3, 0.4) is 0 Å². The van der Waals surface area contributed by atoms with Crippen LogP contribution in [0.1, 0.15) is 5.56 Å². The van der Waals surface area contributed by atoms with Crippen molar-refractivity contribution in [1.82, 2.24) is 15.0 Å². The highest BCUT2D eigenvalue weighted by molar-refractivity contribution is 7.93. The molecule has 0 bridgehead atoms. The summed E-state index contributed by atoms with van der Waals surface area (Å²) in [6, 6.07) is 6.20. The predicted molar refractivity (Wildman–Crippen MR) is 94.9 cm³/mol. The van der Waals surface area contributed by atoms with Gasteiger partial charge in [0.1, 0.15) is 0 Å². The molecule has 1 heterocycles. The molecular weight excluding hydrogens is 342 g/mol. The van der Waals surface area contributed by atoms with Crippen molar-refractivity contribution in [3.05, 3.63) is 29.8 Å². The van der Waals surface area contributed by atoms with Gasteiger partial charge in [0.05, 0.1) is 4.90 Å². The first kappa shape index (κ1) is 18.4. The molecule has 0 atom stereocenters. The van der Waals surface area contributed by atoms with Crippen molar-refractivity contribution in [2.45, 2.75) is 11.8 Å². The first-order valence-electron chi connectivity index (χ1n) is 7.29. The fraction of sp³-hybridized carbons (Fsp3) is 0.333. The number of sulfonamides is 1. The fourth-order valence-electron chi connectivity index (χ4n) is 1.86.